The summed E-state index contributed by atoms with van der Waals surface area (Å²) >= 11 is 0. The minimum Gasteiger partial charge on any atom is -0.472 e. The number of furan rings is 1. The molecule has 3 nitrogen and oxygen atoms in total. The molecule has 0 saturated carbocycles. The summed E-state index contributed by atoms with van der Waals surface area (Å²) in [6.07, 6.45) is -0.828. The Labute approximate surface area is 108 Å². The zero-order chi connectivity index (χ0) is 13.9. The quantitative estimate of drug-likeness (QED) is 0.905. The molecule has 0 unspecified atom stereocenters. The van der Waals surface area contributed by atoms with E-state index in [0.717, 1.165) is 18.6 Å². The van der Waals surface area contributed by atoms with Crippen molar-refractivity contribution in [2.75, 3.05) is 11.9 Å². The van der Waals surface area contributed by atoms with E-state index in [0.29, 0.717) is 12.1 Å². The van der Waals surface area contributed by atoms with E-state index in [1.807, 2.05) is 6.92 Å². The van der Waals surface area contributed by atoms with E-state index in [1.54, 1.807) is 6.07 Å². The van der Waals surface area contributed by atoms with Crippen LogP contribution in [0.15, 0.2) is 35.1 Å². The van der Waals surface area contributed by atoms with Crippen molar-refractivity contribution in [2.45, 2.75) is 19.5 Å². The SMILES string of the molecule is CCCNc1cc(C(F)(F)F)cc(-c2ccoc2)n1. The first-order chi connectivity index (χ1) is 9.00. The van der Waals surface area contributed by atoms with Gasteiger partial charge in [0.25, 0.3) is 0 Å². The van der Waals surface area contributed by atoms with Gasteiger partial charge in [-0.05, 0) is 24.6 Å². The lowest BCUT2D eigenvalue weighted by molar-refractivity contribution is -0.137. The smallest absolute Gasteiger partial charge is 0.416 e. The molecular weight excluding hydrogens is 257 g/mol. The van der Waals surface area contributed by atoms with Crippen molar-refractivity contribution in [3.05, 3.63) is 36.3 Å². The predicted octanol–water partition coefficient (Wildman–Crippen LogP) is 4.18. The number of halogens is 3. The van der Waals surface area contributed by atoms with Crippen LogP contribution >= 0.6 is 0 Å². The molecule has 2 rings (SSSR count). The van der Waals surface area contributed by atoms with E-state index in [-0.39, 0.29) is 11.5 Å². The summed E-state index contributed by atoms with van der Waals surface area (Å²) < 4.78 is 43.4. The Kier molecular flexibility index (Phi) is 3.78. The normalized spacial score (nSPS) is 11.6. The van der Waals surface area contributed by atoms with Crippen molar-refractivity contribution in [1.29, 1.82) is 0 Å². The first-order valence-corrected chi connectivity index (χ1v) is 5.86. The monoisotopic (exact) mass is 270 g/mol. The minimum absolute atomic E-state index is 0.216. The van der Waals surface area contributed by atoms with Crippen molar-refractivity contribution in [1.82, 2.24) is 4.98 Å². The minimum atomic E-state index is -4.40. The maximum absolute atomic E-state index is 12.8. The van der Waals surface area contributed by atoms with Gasteiger partial charge in [-0.2, -0.15) is 13.2 Å². The average Bonchev–Trinajstić information content (AvgIpc) is 2.89. The van der Waals surface area contributed by atoms with Crippen LogP contribution in [0.3, 0.4) is 0 Å². The Morgan fingerprint density at radius 3 is 2.68 bits per heavy atom. The molecule has 19 heavy (non-hydrogen) atoms. The largest absolute Gasteiger partial charge is 0.472 e. The lowest BCUT2D eigenvalue weighted by Gasteiger charge is -2.11. The van der Waals surface area contributed by atoms with Crippen molar-refractivity contribution in [3.8, 4) is 11.3 Å². The highest BCUT2D eigenvalue weighted by atomic mass is 19.4. The average molecular weight is 270 g/mol. The second-order valence-electron chi connectivity index (χ2n) is 4.06. The van der Waals surface area contributed by atoms with Crippen LogP contribution in [0, 0.1) is 0 Å². The number of aromatic nitrogens is 1. The molecule has 0 spiro atoms. The topological polar surface area (TPSA) is 38.1 Å². The standard InChI is InChI=1S/C13H13F3N2O/c1-2-4-17-12-7-10(13(14,15)16)6-11(18-12)9-3-5-19-8-9/h3,5-8H,2,4H2,1H3,(H,17,18). The molecule has 0 bridgehead atoms. The second-order valence-corrected chi connectivity index (χ2v) is 4.06. The fraction of sp³-hybridized carbons (Fsp3) is 0.308. The molecular formula is C13H13F3N2O. The Hall–Kier alpha value is -1.98. The van der Waals surface area contributed by atoms with E-state index in [1.165, 1.54) is 12.5 Å². The highest BCUT2D eigenvalue weighted by Crippen LogP contribution is 2.33. The lowest BCUT2D eigenvalue weighted by atomic mass is 10.1. The highest BCUT2D eigenvalue weighted by molar-refractivity contribution is 5.61. The number of nitrogens with one attached hydrogen (secondary N) is 1. The molecule has 0 aliphatic carbocycles. The molecule has 0 aromatic carbocycles. The summed E-state index contributed by atoms with van der Waals surface area (Å²) in [7, 11) is 0. The van der Waals surface area contributed by atoms with Gasteiger partial charge < -0.3 is 9.73 Å². The molecule has 2 aromatic rings. The van der Waals surface area contributed by atoms with E-state index in [2.05, 4.69) is 10.3 Å². The molecule has 0 radical (unpaired) electrons. The van der Waals surface area contributed by atoms with Gasteiger partial charge in [0, 0.05) is 12.1 Å². The number of hydrogen-bond donors (Lipinski definition) is 1. The number of pyridine rings is 1. The third-order valence-corrected chi connectivity index (χ3v) is 2.53. The molecule has 6 heteroatoms. The summed E-state index contributed by atoms with van der Waals surface area (Å²) in [6.45, 7) is 2.50. The third kappa shape index (κ3) is 3.27. The number of hydrogen-bond acceptors (Lipinski definition) is 3. The zero-order valence-corrected chi connectivity index (χ0v) is 10.3. The van der Waals surface area contributed by atoms with Crippen LogP contribution in [-0.2, 0) is 6.18 Å². The molecule has 102 valence electrons. The lowest BCUT2D eigenvalue weighted by Crippen LogP contribution is -2.09. The van der Waals surface area contributed by atoms with Crippen LogP contribution in [0.2, 0.25) is 0 Å². The fourth-order valence-corrected chi connectivity index (χ4v) is 1.60. The number of anilines is 1. The maximum Gasteiger partial charge on any atom is 0.416 e. The molecule has 0 aliphatic heterocycles. The van der Waals surface area contributed by atoms with Crippen molar-refractivity contribution < 1.29 is 17.6 Å². The number of alkyl halides is 3. The third-order valence-electron chi connectivity index (χ3n) is 2.53. The van der Waals surface area contributed by atoms with Crippen LogP contribution in [0.5, 0.6) is 0 Å². The fourth-order valence-electron chi connectivity index (χ4n) is 1.60. The van der Waals surface area contributed by atoms with Crippen LogP contribution in [0.1, 0.15) is 18.9 Å². The Balaban J connectivity index is 2.43. The van der Waals surface area contributed by atoms with Crippen LogP contribution in [0.4, 0.5) is 19.0 Å². The van der Waals surface area contributed by atoms with Gasteiger partial charge in [0.15, 0.2) is 0 Å². The Bertz CT molecular complexity index is 535. The highest BCUT2D eigenvalue weighted by Gasteiger charge is 2.31. The van der Waals surface area contributed by atoms with Gasteiger partial charge in [0.2, 0.25) is 0 Å². The first kappa shape index (κ1) is 13.5. The zero-order valence-electron chi connectivity index (χ0n) is 10.3. The summed E-state index contributed by atoms with van der Waals surface area (Å²) in [6, 6.07) is 3.60. The van der Waals surface area contributed by atoms with Gasteiger partial charge in [0.05, 0.1) is 23.8 Å². The summed E-state index contributed by atoms with van der Waals surface area (Å²) in [5.74, 6) is 0.216. The van der Waals surface area contributed by atoms with Crippen molar-refractivity contribution in [3.63, 3.8) is 0 Å². The molecule has 2 aromatic heterocycles. The van der Waals surface area contributed by atoms with Crippen LogP contribution in [-0.4, -0.2) is 11.5 Å². The molecule has 0 saturated heterocycles. The van der Waals surface area contributed by atoms with Gasteiger partial charge in [-0.25, -0.2) is 4.98 Å². The Morgan fingerprint density at radius 1 is 1.32 bits per heavy atom. The predicted molar refractivity (Wildman–Crippen MR) is 65.7 cm³/mol. The number of nitrogens with zero attached hydrogens (tertiary/aromatic N) is 1. The van der Waals surface area contributed by atoms with Crippen molar-refractivity contribution in [2.24, 2.45) is 0 Å². The van der Waals surface area contributed by atoms with Gasteiger partial charge in [0.1, 0.15) is 5.82 Å². The molecule has 0 fully saturated rings. The maximum atomic E-state index is 12.8. The molecule has 2 heterocycles. The number of rotatable bonds is 4. The van der Waals surface area contributed by atoms with E-state index in [9.17, 15) is 13.2 Å². The molecule has 0 aliphatic rings. The van der Waals surface area contributed by atoms with Crippen molar-refractivity contribution >= 4 is 5.82 Å². The van der Waals surface area contributed by atoms with E-state index in [4.69, 9.17) is 4.42 Å². The molecule has 0 amide bonds. The molecule has 0 atom stereocenters. The summed E-state index contributed by atoms with van der Waals surface area (Å²) in [4.78, 5) is 4.16. The van der Waals surface area contributed by atoms with E-state index < -0.39 is 11.7 Å². The van der Waals surface area contributed by atoms with Crippen LogP contribution in [0.25, 0.3) is 11.3 Å². The van der Waals surface area contributed by atoms with Gasteiger partial charge >= 0.3 is 6.18 Å². The first-order valence-electron chi connectivity index (χ1n) is 5.86. The molecule has 1 N–H and O–H groups in total. The van der Waals surface area contributed by atoms with Gasteiger partial charge in [-0.3, -0.25) is 0 Å². The van der Waals surface area contributed by atoms with Gasteiger partial charge in [-0.1, -0.05) is 6.92 Å². The van der Waals surface area contributed by atoms with Crippen LogP contribution < -0.4 is 5.32 Å². The second kappa shape index (κ2) is 5.34. The van der Waals surface area contributed by atoms with Gasteiger partial charge in [-0.15, -0.1) is 0 Å². The van der Waals surface area contributed by atoms with E-state index >= 15 is 0 Å². The summed E-state index contributed by atoms with van der Waals surface area (Å²) in [5.41, 5.74) is 0.0325. The Morgan fingerprint density at radius 2 is 2.11 bits per heavy atom. The summed E-state index contributed by atoms with van der Waals surface area (Å²) in [5, 5.41) is 2.87.